The van der Waals surface area contributed by atoms with E-state index in [1.54, 1.807) is 6.92 Å². The monoisotopic (exact) mass is 166 g/mol. The van der Waals surface area contributed by atoms with E-state index in [9.17, 15) is 4.79 Å². The van der Waals surface area contributed by atoms with Crippen molar-refractivity contribution in [2.75, 3.05) is 0 Å². The first-order valence-corrected chi connectivity index (χ1v) is 4.71. The Morgan fingerprint density at radius 3 is 2.50 bits per heavy atom. The van der Waals surface area contributed by atoms with Crippen molar-refractivity contribution >= 4 is 5.78 Å². The maximum Gasteiger partial charge on any atom is 0.133 e. The molecule has 1 aliphatic carbocycles. The van der Waals surface area contributed by atoms with Gasteiger partial charge in [-0.25, -0.2) is 0 Å². The Balaban J connectivity index is 2.85. The highest BCUT2D eigenvalue weighted by Crippen LogP contribution is 2.34. The van der Waals surface area contributed by atoms with E-state index >= 15 is 0 Å². The minimum atomic E-state index is 0.259. The van der Waals surface area contributed by atoms with Crippen LogP contribution in [0.2, 0.25) is 0 Å². The molecular weight excluding hydrogens is 148 g/mol. The van der Waals surface area contributed by atoms with Gasteiger partial charge >= 0.3 is 0 Å². The number of hydrogen-bond donors (Lipinski definition) is 0. The Kier molecular flexibility index (Phi) is 2.71. The Morgan fingerprint density at radius 2 is 2.08 bits per heavy atom. The van der Waals surface area contributed by atoms with Crippen LogP contribution in [0.25, 0.3) is 0 Å². The van der Waals surface area contributed by atoms with E-state index in [2.05, 4.69) is 26.8 Å². The molecule has 1 heteroatoms. The predicted molar refractivity (Wildman–Crippen MR) is 50.9 cm³/mol. The molecule has 0 aromatic heterocycles. The van der Waals surface area contributed by atoms with Crippen molar-refractivity contribution < 1.29 is 4.79 Å². The van der Waals surface area contributed by atoms with Crippen LogP contribution in [-0.2, 0) is 4.79 Å². The molecule has 0 heterocycles. The number of allylic oxidation sites excluding steroid dienone is 2. The second-order valence-electron chi connectivity index (χ2n) is 4.09. The van der Waals surface area contributed by atoms with Gasteiger partial charge < -0.3 is 0 Å². The first-order chi connectivity index (χ1) is 5.54. The van der Waals surface area contributed by atoms with Gasteiger partial charge in [-0.3, -0.25) is 4.79 Å². The molecule has 0 aromatic carbocycles. The molecule has 1 rings (SSSR count). The van der Waals surface area contributed by atoms with Gasteiger partial charge in [-0.15, -0.1) is 0 Å². The van der Waals surface area contributed by atoms with Gasteiger partial charge in [0.15, 0.2) is 0 Å². The van der Waals surface area contributed by atoms with Gasteiger partial charge in [0.05, 0.1) is 0 Å². The summed E-state index contributed by atoms with van der Waals surface area (Å²) in [6.45, 7) is 8.18. The normalized spacial score (nSPS) is 36.0. The molecule has 0 radical (unpaired) electrons. The zero-order valence-corrected chi connectivity index (χ0v) is 8.42. The van der Waals surface area contributed by atoms with Crippen LogP contribution in [0, 0.1) is 17.8 Å². The van der Waals surface area contributed by atoms with Crippen LogP contribution in [0.3, 0.4) is 0 Å². The smallest absolute Gasteiger partial charge is 0.133 e. The standard InChI is InChI=1S/C11H18O/c1-7-5-6-8(2)11(9(7)3)10(4)12/h5,8-9,11H,6H2,1-4H3. The molecule has 3 unspecified atom stereocenters. The summed E-state index contributed by atoms with van der Waals surface area (Å²) in [6, 6.07) is 0. The average Bonchev–Trinajstić information content (AvgIpc) is 1.97. The van der Waals surface area contributed by atoms with Crippen molar-refractivity contribution in [3.05, 3.63) is 11.6 Å². The molecule has 68 valence electrons. The molecule has 0 aromatic rings. The average molecular weight is 166 g/mol. The van der Waals surface area contributed by atoms with E-state index in [1.165, 1.54) is 5.57 Å². The molecule has 0 saturated heterocycles. The van der Waals surface area contributed by atoms with Crippen LogP contribution >= 0.6 is 0 Å². The first-order valence-electron chi connectivity index (χ1n) is 4.71. The summed E-state index contributed by atoms with van der Waals surface area (Å²) in [4.78, 5) is 11.3. The summed E-state index contributed by atoms with van der Waals surface area (Å²) in [5.74, 6) is 1.59. The minimum Gasteiger partial charge on any atom is -0.300 e. The summed E-state index contributed by atoms with van der Waals surface area (Å²) < 4.78 is 0. The fourth-order valence-corrected chi connectivity index (χ4v) is 2.23. The molecule has 0 bridgehead atoms. The molecule has 0 amide bonds. The fourth-order valence-electron chi connectivity index (χ4n) is 2.23. The number of carbonyl (C=O) groups is 1. The summed E-state index contributed by atoms with van der Waals surface area (Å²) in [7, 11) is 0. The Morgan fingerprint density at radius 1 is 1.50 bits per heavy atom. The Bertz CT molecular complexity index is 215. The Labute approximate surface area is 74.9 Å². The van der Waals surface area contributed by atoms with Crippen molar-refractivity contribution in [2.24, 2.45) is 17.8 Å². The zero-order valence-electron chi connectivity index (χ0n) is 8.42. The molecule has 1 aliphatic rings. The third-order valence-corrected chi connectivity index (χ3v) is 3.15. The summed E-state index contributed by atoms with van der Waals surface area (Å²) in [6.07, 6.45) is 3.34. The lowest BCUT2D eigenvalue weighted by molar-refractivity contribution is -0.123. The predicted octanol–water partition coefficient (Wildman–Crippen LogP) is 2.81. The van der Waals surface area contributed by atoms with E-state index in [4.69, 9.17) is 0 Å². The van der Waals surface area contributed by atoms with Gasteiger partial charge in [0.2, 0.25) is 0 Å². The summed E-state index contributed by atoms with van der Waals surface area (Å²) in [5.41, 5.74) is 1.38. The van der Waals surface area contributed by atoms with E-state index in [0.29, 0.717) is 17.6 Å². The van der Waals surface area contributed by atoms with Crippen LogP contribution in [0.5, 0.6) is 0 Å². The highest BCUT2D eigenvalue weighted by molar-refractivity contribution is 5.79. The van der Waals surface area contributed by atoms with E-state index in [0.717, 1.165) is 6.42 Å². The van der Waals surface area contributed by atoms with Gasteiger partial charge in [0, 0.05) is 5.92 Å². The van der Waals surface area contributed by atoms with Gasteiger partial charge in [-0.2, -0.15) is 0 Å². The maximum atomic E-state index is 11.3. The highest BCUT2D eigenvalue weighted by Gasteiger charge is 2.30. The number of hydrogen-bond acceptors (Lipinski definition) is 1. The molecular formula is C11H18O. The third kappa shape index (κ3) is 1.60. The van der Waals surface area contributed by atoms with E-state index in [-0.39, 0.29) is 5.92 Å². The van der Waals surface area contributed by atoms with E-state index in [1.807, 2.05) is 0 Å². The highest BCUT2D eigenvalue weighted by atomic mass is 16.1. The van der Waals surface area contributed by atoms with Crippen LogP contribution in [0.4, 0.5) is 0 Å². The molecule has 0 fully saturated rings. The van der Waals surface area contributed by atoms with Crippen LogP contribution in [0.15, 0.2) is 11.6 Å². The van der Waals surface area contributed by atoms with E-state index < -0.39 is 0 Å². The minimum absolute atomic E-state index is 0.259. The second kappa shape index (κ2) is 3.42. The second-order valence-corrected chi connectivity index (χ2v) is 4.09. The van der Waals surface area contributed by atoms with Gasteiger partial charge in [0.25, 0.3) is 0 Å². The SMILES string of the molecule is CC(=O)C1C(C)CC=C(C)C1C. The summed E-state index contributed by atoms with van der Waals surface area (Å²) in [5, 5.41) is 0. The number of ketones is 1. The van der Waals surface area contributed by atoms with Crippen molar-refractivity contribution in [1.29, 1.82) is 0 Å². The van der Waals surface area contributed by atoms with Crippen LogP contribution < -0.4 is 0 Å². The van der Waals surface area contributed by atoms with Gasteiger partial charge in [0.1, 0.15) is 5.78 Å². The number of rotatable bonds is 1. The quantitative estimate of drug-likeness (QED) is 0.547. The molecule has 1 nitrogen and oxygen atoms in total. The van der Waals surface area contributed by atoms with Crippen molar-refractivity contribution in [3.8, 4) is 0 Å². The topological polar surface area (TPSA) is 17.1 Å². The Hall–Kier alpha value is -0.590. The van der Waals surface area contributed by atoms with Crippen LogP contribution in [0.1, 0.15) is 34.1 Å². The maximum absolute atomic E-state index is 11.3. The number of Topliss-reactive ketones (excluding diaryl/α,β-unsaturated/α-hetero) is 1. The summed E-state index contributed by atoms with van der Waals surface area (Å²) >= 11 is 0. The molecule has 0 spiro atoms. The first kappa shape index (κ1) is 9.50. The van der Waals surface area contributed by atoms with Crippen LogP contribution in [-0.4, -0.2) is 5.78 Å². The lowest BCUT2D eigenvalue weighted by Gasteiger charge is -2.31. The van der Waals surface area contributed by atoms with Crippen molar-refractivity contribution in [2.45, 2.75) is 34.1 Å². The zero-order chi connectivity index (χ0) is 9.30. The lowest BCUT2D eigenvalue weighted by atomic mass is 9.72. The molecule has 3 atom stereocenters. The molecule has 0 N–H and O–H groups in total. The third-order valence-electron chi connectivity index (χ3n) is 3.15. The molecule has 0 aliphatic heterocycles. The lowest BCUT2D eigenvalue weighted by Crippen LogP contribution is -2.29. The van der Waals surface area contributed by atoms with Crippen molar-refractivity contribution in [3.63, 3.8) is 0 Å². The largest absolute Gasteiger partial charge is 0.300 e. The molecule has 0 saturated carbocycles. The van der Waals surface area contributed by atoms with Gasteiger partial charge in [-0.05, 0) is 32.1 Å². The molecule has 12 heavy (non-hydrogen) atoms. The van der Waals surface area contributed by atoms with Gasteiger partial charge in [-0.1, -0.05) is 25.5 Å². The van der Waals surface area contributed by atoms with Crippen molar-refractivity contribution in [1.82, 2.24) is 0 Å². The number of carbonyl (C=O) groups excluding carboxylic acids is 1. The fraction of sp³-hybridized carbons (Fsp3) is 0.727.